The summed E-state index contributed by atoms with van der Waals surface area (Å²) in [7, 11) is 0. The number of carbonyl (C=O) groups is 2. The molecular formula is C18H17Cl2N3O2S. The number of nitrogens with one attached hydrogen (secondary N) is 1. The topological polar surface area (TPSA) is 62.3 Å². The number of hydrogen-bond acceptors (Lipinski definition) is 4. The maximum Gasteiger partial charge on any atom is 0.275 e. The Bertz CT molecular complexity index is 809. The molecule has 1 aromatic carbocycles. The van der Waals surface area contributed by atoms with Gasteiger partial charge in [-0.15, -0.1) is 0 Å². The number of hydrogen-bond donors (Lipinski definition) is 1. The fourth-order valence-corrected chi connectivity index (χ4v) is 3.81. The maximum absolute atomic E-state index is 12.3. The van der Waals surface area contributed by atoms with Crippen molar-refractivity contribution in [2.75, 3.05) is 29.9 Å². The van der Waals surface area contributed by atoms with Gasteiger partial charge in [-0.3, -0.25) is 9.59 Å². The zero-order valence-corrected chi connectivity index (χ0v) is 16.2. The lowest BCUT2D eigenvalue weighted by Crippen LogP contribution is -2.38. The molecule has 0 bridgehead atoms. The number of nitrogens with zero attached hydrogens (tertiary/aromatic N) is 2. The van der Waals surface area contributed by atoms with E-state index < -0.39 is 5.91 Å². The number of carbonyl (C=O) groups excluding carboxylic acids is 2. The molecule has 0 radical (unpaired) electrons. The minimum Gasteiger partial charge on any atom is -0.341 e. The van der Waals surface area contributed by atoms with E-state index in [1.807, 2.05) is 28.8 Å². The second kappa shape index (κ2) is 8.75. The second-order valence-corrected chi connectivity index (χ2v) is 7.80. The minimum absolute atomic E-state index is 0.0707. The SMILES string of the molecule is O=C(Nc1ccc(CC(=O)N2CCSCC2)cc1)c1nc(Cl)ccc1Cl. The molecule has 8 heteroatoms. The molecule has 1 saturated heterocycles. The molecule has 26 heavy (non-hydrogen) atoms. The zero-order valence-electron chi connectivity index (χ0n) is 13.9. The summed E-state index contributed by atoms with van der Waals surface area (Å²) in [5.74, 6) is 1.69. The molecule has 1 aromatic heterocycles. The van der Waals surface area contributed by atoms with Crippen LogP contribution in [0.4, 0.5) is 5.69 Å². The highest BCUT2D eigenvalue weighted by molar-refractivity contribution is 7.99. The van der Waals surface area contributed by atoms with Crippen LogP contribution in [0.25, 0.3) is 0 Å². The van der Waals surface area contributed by atoms with Gasteiger partial charge in [0.05, 0.1) is 11.4 Å². The van der Waals surface area contributed by atoms with Gasteiger partial charge in [-0.25, -0.2) is 4.98 Å². The van der Waals surface area contributed by atoms with Crippen LogP contribution in [0, 0.1) is 0 Å². The van der Waals surface area contributed by atoms with Gasteiger partial charge in [0.15, 0.2) is 0 Å². The van der Waals surface area contributed by atoms with Crippen LogP contribution in [-0.2, 0) is 11.2 Å². The number of aromatic nitrogens is 1. The third-order valence-corrected chi connectivity index (χ3v) is 5.42. The van der Waals surface area contributed by atoms with Crippen molar-refractivity contribution in [1.29, 1.82) is 0 Å². The van der Waals surface area contributed by atoms with Gasteiger partial charge in [0.1, 0.15) is 10.8 Å². The first kappa shape index (κ1) is 19.0. The van der Waals surface area contributed by atoms with Crippen molar-refractivity contribution in [1.82, 2.24) is 9.88 Å². The average Bonchev–Trinajstić information content (AvgIpc) is 2.66. The van der Waals surface area contributed by atoms with E-state index in [9.17, 15) is 9.59 Å². The Morgan fingerprint density at radius 3 is 2.46 bits per heavy atom. The lowest BCUT2D eigenvalue weighted by atomic mass is 10.1. The number of amides is 2. The molecule has 1 fully saturated rings. The predicted octanol–water partition coefficient (Wildman–Crippen LogP) is 3.76. The number of pyridine rings is 1. The Morgan fingerprint density at radius 1 is 1.08 bits per heavy atom. The average molecular weight is 410 g/mol. The van der Waals surface area contributed by atoms with E-state index in [1.54, 1.807) is 12.1 Å². The fraction of sp³-hybridized carbons (Fsp3) is 0.278. The van der Waals surface area contributed by atoms with E-state index in [0.717, 1.165) is 30.2 Å². The summed E-state index contributed by atoms with van der Waals surface area (Å²) in [6, 6.07) is 10.2. The molecule has 3 rings (SSSR count). The van der Waals surface area contributed by atoms with E-state index in [4.69, 9.17) is 23.2 Å². The number of anilines is 1. The first-order chi connectivity index (χ1) is 12.5. The van der Waals surface area contributed by atoms with Crippen LogP contribution in [0.3, 0.4) is 0 Å². The van der Waals surface area contributed by atoms with Crippen LogP contribution >= 0.6 is 35.0 Å². The summed E-state index contributed by atoms with van der Waals surface area (Å²) in [5.41, 5.74) is 1.57. The molecule has 0 unspecified atom stereocenters. The number of benzene rings is 1. The molecule has 0 saturated carbocycles. The maximum atomic E-state index is 12.3. The first-order valence-electron chi connectivity index (χ1n) is 8.11. The van der Waals surface area contributed by atoms with Crippen LogP contribution < -0.4 is 5.32 Å². The van der Waals surface area contributed by atoms with Crippen LogP contribution in [0.5, 0.6) is 0 Å². The van der Waals surface area contributed by atoms with Crippen molar-refractivity contribution >= 4 is 52.5 Å². The highest BCUT2D eigenvalue weighted by Crippen LogP contribution is 2.19. The van der Waals surface area contributed by atoms with E-state index in [0.29, 0.717) is 12.1 Å². The van der Waals surface area contributed by atoms with Gasteiger partial charge < -0.3 is 10.2 Å². The highest BCUT2D eigenvalue weighted by Gasteiger charge is 2.17. The molecule has 136 valence electrons. The Labute approximate surface area is 166 Å². The third-order valence-electron chi connectivity index (χ3n) is 3.96. The van der Waals surface area contributed by atoms with Crippen molar-refractivity contribution < 1.29 is 9.59 Å². The van der Waals surface area contributed by atoms with Gasteiger partial charge >= 0.3 is 0 Å². The van der Waals surface area contributed by atoms with Crippen molar-refractivity contribution in [2.45, 2.75) is 6.42 Å². The standard InChI is InChI=1S/C18H17Cl2N3O2S/c19-14-5-6-15(20)22-17(14)18(25)21-13-3-1-12(2-4-13)11-16(24)23-7-9-26-10-8-23/h1-6H,7-11H2,(H,21,25). The highest BCUT2D eigenvalue weighted by atomic mass is 35.5. The van der Waals surface area contributed by atoms with E-state index in [2.05, 4.69) is 10.3 Å². The Kier molecular flexibility index (Phi) is 6.40. The van der Waals surface area contributed by atoms with Crippen molar-refractivity contribution in [2.24, 2.45) is 0 Å². The Hall–Kier alpha value is -1.76. The molecule has 0 aliphatic carbocycles. The van der Waals surface area contributed by atoms with Gasteiger partial charge in [-0.2, -0.15) is 11.8 Å². The van der Waals surface area contributed by atoms with Gasteiger partial charge in [0.25, 0.3) is 5.91 Å². The molecule has 2 aromatic rings. The molecule has 0 spiro atoms. The minimum atomic E-state index is -0.438. The van der Waals surface area contributed by atoms with E-state index >= 15 is 0 Å². The molecular weight excluding hydrogens is 393 g/mol. The van der Waals surface area contributed by atoms with Crippen LogP contribution in [0.2, 0.25) is 10.2 Å². The summed E-state index contributed by atoms with van der Waals surface area (Å²) >= 11 is 13.7. The van der Waals surface area contributed by atoms with Crippen LogP contribution in [-0.4, -0.2) is 46.3 Å². The summed E-state index contributed by atoms with van der Waals surface area (Å²) < 4.78 is 0. The smallest absolute Gasteiger partial charge is 0.275 e. The molecule has 1 aliphatic rings. The van der Waals surface area contributed by atoms with Gasteiger partial charge in [0, 0.05) is 30.3 Å². The van der Waals surface area contributed by atoms with Gasteiger partial charge in [-0.1, -0.05) is 35.3 Å². The zero-order chi connectivity index (χ0) is 18.5. The summed E-state index contributed by atoms with van der Waals surface area (Å²) in [5, 5.41) is 3.16. The Morgan fingerprint density at radius 2 is 1.77 bits per heavy atom. The summed E-state index contributed by atoms with van der Waals surface area (Å²) in [6.07, 6.45) is 0.362. The van der Waals surface area contributed by atoms with Crippen molar-refractivity contribution in [3.63, 3.8) is 0 Å². The van der Waals surface area contributed by atoms with E-state index in [1.165, 1.54) is 12.1 Å². The third kappa shape index (κ3) is 4.90. The largest absolute Gasteiger partial charge is 0.341 e. The predicted molar refractivity (Wildman–Crippen MR) is 106 cm³/mol. The van der Waals surface area contributed by atoms with Gasteiger partial charge in [0.2, 0.25) is 5.91 Å². The molecule has 2 heterocycles. The van der Waals surface area contributed by atoms with Crippen LogP contribution in [0.15, 0.2) is 36.4 Å². The molecule has 0 atom stereocenters. The summed E-state index contributed by atoms with van der Waals surface area (Å²) in [4.78, 5) is 30.4. The van der Waals surface area contributed by atoms with Crippen molar-refractivity contribution in [3.05, 3.63) is 57.8 Å². The van der Waals surface area contributed by atoms with E-state index in [-0.39, 0.29) is 21.8 Å². The fourth-order valence-electron chi connectivity index (χ4n) is 2.57. The van der Waals surface area contributed by atoms with Crippen LogP contribution in [0.1, 0.15) is 16.1 Å². The Balaban J connectivity index is 1.61. The lowest BCUT2D eigenvalue weighted by Gasteiger charge is -2.26. The molecule has 5 nitrogen and oxygen atoms in total. The van der Waals surface area contributed by atoms with Crippen molar-refractivity contribution in [3.8, 4) is 0 Å². The number of thioether (sulfide) groups is 1. The second-order valence-electron chi connectivity index (χ2n) is 5.79. The number of rotatable bonds is 4. The summed E-state index contributed by atoms with van der Waals surface area (Å²) in [6.45, 7) is 1.62. The quantitative estimate of drug-likeness (QED) is 0.780. The molecule has 1 aliphatic heterocycles. The lowest BCUT2D eigenvalue weighted by molar-refractivity contribution is -0.130. The first-order valence-corrected chi connectivity index (χ1v) is 10.0. The monoisotopic (exact) mass is 409 g/mol. The normalized spacial score (nSPS) is 14.2. The number of halogens is 2. The van der Waals surface area contributed by atoms with Gasteiger partial charge in [-0.05, 0) is 29.8 Å². The molecule has 1 N–H and O–H groups in total. The molecule has 2 amide bonds.